The van der Waals surface area contributed by atoms with Gasteiger partial charge in [-0.15, -0.1) is 0 Å². The summed E-state index contributed by atoms with van der Waals surface area (Å²) in [6.07, 6.45) is -4.98. The molecule has 38 heavy (non-hydrogen) atoms. The van der Waals surface area contributed by atoms with Gasteiger partial charge < -0.3 is 39.0 Å². The number of Topliss-reactive ketones (excluding diaryl/α,β-unsaturated/α-hetero) is 3. The number of amides is 1. The van der Waals surface area contributed by atoms with E-state index >= 15 is 0 Å². The lowest BCUT2D eigenvalue weighted by atomic mass is 10.1. The SMILES string of the molecule is CC(=O)CCC(=O)Nc1ccn([C@@H]2O[C@H](CO)[C@@H](OC(=O)CCC(C)=O)[C@@H]2OC(=O)CCC(C)=O)c(=O)n1. The predicted octanol–water partition coefficient (Wildman–Crippen LogP) is 0.00270. The average molecular weight is 538 g/mol. The van der Waals surface area contributed by atoms with Gasteiger partial charge in [0.25, 0.3) is 0 Å². The molecule has 1 fully saturated rings. The number of esters is 2. The van der Waals surface area contributed by atoms with Gasteiger partial charge in [-0.1, -0.05) is 0 Å². The molecular weight excluding hydrogens is 506 g/mol. The maximum Gasteiger partial charge on any atom is 0.351 e. The number of ether oxygens (including phenoxy) is 3. The lowest BCUT2D eigenvalue weighted by Crippen LogP contribution is -2.42. The van der Waals surface area contributed by atoms with Gasteiger partial charge in [0, 0.05) is 31.9 Å². The monoisotopic (exact) mass is 537 g/mol. The number of rotatable bonds is 14. The zero-order valence-electron chi connectivity index (χ0n) is 21.3. The summed E-state index contributed by atoms with van der Waals surface area (Å²) in [7, 11) is 0. The second kappa shape index (κ2) is 14.2. The third-order valence-electron chi connectivity index (χ3n) is 5.44. The Bertz CT molecular complexity index is 1130. The van der Waals surface area contributed by atoms with Crippen molar-refractivity contribution in [2.45, 2.75) is 83.8 Å². The summed E-state index contributed by atoms with van der Waals surface area (Å²) in [6, 6.07) is 1.27. The van der Waals surface area contributed by atoms with E-state index in [1.54, 1.807) is 0 Å². The van der Waals surface area contributed by atoms with E-state index in [0.29, 0.717) is 0 Å². The van der Waals surface area contributed by atoms with Crippen molar-refractivity contribution in [3.05, 3.63) is 22.7 Å². The van der Waals surface area contributed by atoms with Crippen molar-refractivity contribution in [1.82, 2.24) is 9.55 Å². The number of hydrogen-bond acceptors (Lipinski definition) is 12. The minimum Gasteiger partial charge on any atom is -0.455 e. The Morgan fingerprint density at radius 1 is 0.895 bits per heavy atom. The number of hydrogen-bond donors (Lipinski definition) is 2. The predicted molar refractivity (Wildman–Crippen MR) is 128 cm³/mol. The molecule has 0 aromatic carbocycles. The van der Waals surface area contributed by atoms with Crippen LogP contribution in [0.3, 0.4) is 0 Å². The third-order valence-corrected chi connectivity index (χ3v) is 5.44. The van der Waals surface area contributed by atoms with Gasteiger partial charge >= 0.3 is 17.6 Å². The molecule has 14 heteroatoms. The topological polar surface area (TPSA) is 197 Å². The van der Waals surface area contributed by atoms with E-state index < -0.39 is 54.7 Å². The van der Waals surface area contributed by atoms with Crippen molar-refractivity contribution in [2.24, 2.45) is 0 Å². The fraction of sp³-hybridized carbons (Fsp3) is 0.583. The van der Waals surface area contributed by atoms with Gasteiger partial charge in [0.2, 0.25) is 5.91 Å². The summed E-state index contributed by atoms with van der Waals surface area (Å²) in [6.45, 7) is 3.26. The molecule has 2 heterocycles. The zero-order valence-corrected chi connectivity index (χ0v) is 21.3. The molecule has 1 aliphatic rings. The van der Waals surface area contributed by atoms with Crippen molar-refractivity contribution in [3.8, 4) is 0 Å². The molecular formula is C24H31N3O11. The molecule has 4 atom stereocenters. The van der Waals surface area contributed by atoms with Gasteiger partial charge in [0.05, 0.1) is 19.4 Å². The number of aliphatic hydroxyl groups excluding tert-OH is 1. The highest BCUT2D eigenvalue weighted by Gasteiger charge is 2.50. The normalized spacial score (nSPS) is 20.4. The van der Waals surface area contributed by atoms with E-state index in [4.69, 9.17) is 14.2 Å². The Hall–Kier alpha value is -3.78. The lowest BCUT2D eigenvalue weighted by Gasteiger charge is -2.24. The Kier molecular flexibility index (Phi) is 11.4. The van der Waals surface area contributed by atoms with Crippen LogP contribution in [0.2, 0.25) is 0 Å². The number of nitrogens with zero attached hydrogens (tertiary/aromatic N) is 2. The molecule has 0 bridgehead atoms. The standard InChI is InChI=1S/C24H31N3O11/c1-13(29)4-7-18(32)25-17-10-11-27(24(35)26-17)23-22(38-20(34)9-6-15(3)31)21(16(12-28)36-23)37-19(33)8-5-14(2)30/h10-11,16,21-23,28H,4-9,12H2,1-3H3,(H,25,26,32,35)/t16-,21-,22+,23-/m1/s1. The molecule has 0 saturated carbocycles. The van der Waals surface area contributed by atoms with Gasteiger partial charge in [0.15, 0.2) is 18.4 Å². The number of carbonyl (C=O) groups is 6. The largest absolute Gasteiger partial charge is 0.455 e. The summed E-state index contributed by atoms with van der Waals surface area (Å²) in [5.41, 5.74) is -0.926. The number of aliphatic hydroxyl groups is 1. The highest BCUT2D eigenvalue weighted by Crippen LogP contribution is 2.33. The molecule has 14 nitrogen and oxygen atoms in total. The summed E-state index contributed by atoms with van der Waals surface area (Å²) in [5, 5.41) is 12.2. The Morgan fingerprint density at radius 3 is 1.92 bits per heavy atom. The van der Waals surface area contributed by atoms with Crippen LogP contribution in [0.4, 0.5) is 5.82 Å². The molecule has 2 rings (SSSR count). The van der Waals surface area contributed by atoms with E-state index in [1.165, 1.54) is 33.0 Å². The van der Waals surface area contributed by atoms with E-state index in [9.17, 15) is 38.7 Å². The zero-order chi connectivity index (χ0) is 28.4. The lowest BCUT2D eigenvalue weighted by molar-refractivity contribution is -0.169. The molecule has 1 aliphatic heterocycles. The molecule has 1 amide bonds. The molecule has 1 aromatic rings. The Balaban J connectivity index is 2.30. The van der Waals surface area contributed by atoms with Gasteiger partial charge in [-0.3, -0.25) is 19.0 Å². The molecule has 0 aliphatic carbocycles. The fourth-order valence-electron chi connectivity index (χ4n) is 3.50. The fourth-order valence-corrected chi connectivity index (χ4v) is 3.50. The second-order valence-electron chi connectivity index (χ2n) is 8.81. The first-order chi connectivity index (χ1) is 17.9. The quantitative estimate of drug-likeness (QED) is 0.302. The minimum absolute atomic E-state index is 0.0184. The van der Waals surface area contributed by atoms with E-state index in [1.807, 2.05) is 0 Å². The van der Waals surface area contributed by atoms with Crippen molar-refractivity contribution in [1.29, 1.82) is 0 Å². The molecule has 0 radical (unpaired) electrons. The molecule has 0 spiro atoms. The van der Waals surface area contributed by atoms with Crippen LogP contribution in [0.5, 0.6) is 0 Å². The average Bonchev–Trinajstić information content (AvgIpc) is 3.16. The number of aromatic nitrogens is 2. The number of carbonyl (C=O) groups excluding carboxylic acids is 6. The summed E-state index contributed by atoms with van der Waals surface area (Å²) in [5.74, 6) is -2.97. The first kappa shape index (κ1) is 30.4. The second-order valence-corrected chi connectivity index (χ2v) is 8.81. The number of ketones is 3. The van der Waals surface area contributed by atoms with Crippen molar-refractivity contribution < 1.29 is 48.1 Å². The molecule has 0 unspecified atom stereocenters. The molecule has 208 valence electrons. The van der Waals surface area contributed by atoms with Gasteiger partial charge in [-0.2, -0.15) is 4.98 Å². The van der Waals surface area contributed by atoms with Crippen LogP contribution in [-0.4, -0.2) is 74.8 Å². The Labute approximate surface area is 217 Å². The van der Waals surface area contributed by atoms with Crippen LogP contribution >= 0.6 is 0 Å². The van der Waals surface area contributed by atoms with Crippen LogP contribution in [0.15, 0.2) is 17.1 Å². The van der Waals surface area contributed by atoms with E-state index in [-0.39, 0.29) is 61.7 Å². The van der Waals surface area contributed by atoms with E-state index in [0.717, 1.165) is 4.57 Å². The molecule has 1 aromatic heterocycles. The maximum atomic E-state index is 12.8. The van der Waals surface area contributed by atoms with Crippen molar-refractivity contribution in [3.63, 3.8) is 0 Å². The molecule has 1 saturated heterocycles. The first-order valence-electron chi connectivity index (χ1n) is 11.9. The number of anilines is 1. The Morgan fingerprint density at radius 2 is 1.42 bits per heavy atom. The third kappa shape index (κ3) is 9.27. The highest BCUT2D eigenvalue weighted by atomic mass is 16.6. The minimum atomic E-state index is -1.41. The smallest absolute Gasteiger partial charge is 0.351 e. The van der Waals surface area contributed by atoms with Crippen molar-refractivity contribution >= 4 is 41.0 Å². The summed E-state index contributed by atoms with van der Waals surface area (Å²) >= 11 is 0. The maximum absolute atomic E-state index is 12.8. The van der Waals surface area contributed by atoms with Crippen LogP contribution < -0.4 is 11.0 Å². The summed E-state index contributed by atoms with van der Waals surface area (Å²) in [4.78, 5) is 86.8. The number of nitrogens with one attached hydrogen (secondary N) is 1. The van der Waals surface area contributed by atoms with Gasteiger partial charge in [0.1, 0.15) is 29.3 Å². The van der Waals surface area contributed by atoms with Crippen LogP contribution in [0.1, 0.15) is 65.5 Å². The van der Waals surface area contributed by atoms with Gasteiger partial charge in [-0.05, 0) is 26.8 Å². The van der Waals surface area contributed by atoms with Crippen molar-refractivity contribution in [2.75, 3.05) is 11.9 Å². The van der Waals surface area contributed by atoms with Crippen LogP contribution in [0, 0.1) is 0 Å². The van der Waals surface area contributed by atoms with Gasteiger partial charge in [-0.25, -0.2) is 4.79 Å². The summed E-state index contributed by atoms with van der Waals surface area (Å²) < 4.78 is 17.5. The van der Waals surface area contributed by atoms with Crippen LogP contribution in [0.25, 0.3) is 0 Å². The van der Waals surface area contributed by atoms with Crippen LogP contribution in [-0.2, 0) is 43.0 Å². The van der Waals surface area contributed by atoms with E-state index in [2.05, 4.69) is 10.3 Å². The molecule has 2 N–H and O–H groups in total. The first-order valence-corrected chi connectivity index (χ1v) is 11.9. The highest BCUT2D eigenvalue weighted by molar-refractivity contribution is 5.92.